The predicted octanol–water partition coefficient (Wildman–Crippen LogP) is 2.74. The van der Waals surface area contributed by atoms with Crippen molar-refractivity contribution in [2.45, 2.75) is 32.3 Å². The number of carbonyl (C=O) groups excluding carboxylic acids is 1. The van der Waals surface area contributed by atoms with Crippen LogP contribution in [-0.4, -0.2) is 12.1 Å². The Morgan fingerprint density at radius 3 is 2.53 bits per heavy atom. The molecule has 2 heteroatoms. The topological polar surface area (TPSA) is 26.3 Å². The molecular formula is C13H16O2. The molecule has 0 amide bonds. The van der Waals surface area contributed by atoms with Crippen LogP contribution in [0, 0.1) is 5.92 Å². The van der Waals surface area contributed by atoms with E-state index >= 15 is 0 Å². The lowest BCUT2D eigenvalue weighted by Gasteiger charge is -2.21. The van der Waals surface area contributed by atoms with Crippen molar-refractivity contribution in [1.82, 2.24) is 0 Å². The maximum Gasteiger partial charge on any atom is 0.306 e. The van der Waals surface area contributed by atoms with Crippen LogP contribution < -0.4 is 0 Å². The molecule has 0 radical (unpaired) electrons. The van der Waals surface area contributed by atoms with Gasteiger partial charge in [-0.3, -0.25) is 4.79 Å². The van der Waals surface area contributed by atoms with E-state index in [-0.39, 0.29) is 18.0 Å². The molecule has 1 aliphatic heterocycles. The number of hydrogen-bond acceptors (Lipinski definition) is 2. The minimum absolute atomic E-state index is 0.0416. The molecule has 2 nitrogen and oxygen atoms in total. The van der Waals surface area contributed by atoms with Crippen LogP contribution in [0.15, 0.2) is 30.3 Å². The van der Waals surface area contributed by atoms with Crippen molar-refractivity contribution in [3.63, 3.8) is 0 Å². The van der Waals surface area contributed by atoms with Gasteiger partial charge in [0.05, 0.1) is 6.42 Å². The van der Waals surface area contributed by atoms with Crippen molar-refractivity contribution in [3.05, 3.63) is 35.9 Å². The van der Waals surface area contributed by atoms with Gasteiger partial charge in [-0.05, 0) is 11.5 Å². The molecule has 2 atom stereocenters. The molecule has 0 aliphatic carbocycles. The molecule has 0 aromatic heterocycles. The Balaban J connectivity index is 2.24. The van der Waals surface area contributed by atoms with Gasteiger partial charge < -0.3 is 4.74 Å². The molecule has 1 saturated heterocycles. The summed E-state index contributed by atoms with van der Waals surface area (Å²) in [6.45, 7) is 4.19. The van der Waals surface area contributed by atoms with Crippen molar-refractivity contribution in [3.8, 4) is 0 Å². The number of ether oxygens (including phenoxy) is 1. The first-order valence-corrected chi connectivity index (χ1v) is 5.43. The highest BCUT2D eigenvalue weighted by molar-refractivity contribution is 5.73. The predicted molar refractivity (Wildman–Crippen MR) is 58.5 cm³/mol. The summed E-state index contributed by atoms with van der Waals surface area (Å²) < 4.78 is 5.35. The van der Waals surface area contributed by atoms with Crippen LogP contribution in [0.4, 0.5) is 0 Å². The van der Waals surface area contributed by atoms with Crippen LogP contribution in [0.1, 0.15) is 31.7 Å². The number of hydrogen-bond donors (Lipinski definition) is 0. The molecule has 1 aromatic rings. The Morgan fingerprint density at radius 2 is 1.93 bits per heavy atom. The molecule has 0 saturated carbocycles. The van der Waals surface area contributed by atoms with Crippen LogP contribution in [0.5, 0.6) is 0 Å². The van der Waals surface area contributed by atoms with Gasteiger partial charge in [0, 0.05) is 5.92 Å². The summed E-state index contributed by atoms with van der Waals surface area (Å²) in [4.78, 5) is 11.3. The van der Waals surface area contributed by atoms with Crippen molar-refractivity contribution in [2.75, 3.05) is 0 Å². The van der Waals surface area contributed by atoms with Gasteiger partial charge in [-0.15, -0.1) is 0 Å². The minimum Gasteiger partial charge on any atom is -0.461 e. The first kappa shape index (κ1) is 10.2. The minimum atomic E-state index is -0.0671. The van der Waals surface area contributed by atoms with E-state index < -0.39 is 0 Å². The molecule has 0 bridgehead atoms. The lowest BCUT2D eigenvalue weighted by atomic mass is 9.87. The van der Waals surface area contributed by atoms with Gasteiger partial charge in [0.15, 0.2) is 0 Å². The SMILES string of the molecule is CC(C)[C@@H]1OC(=O)C[C@H]1c1ccccc1. The summed E-state index contributed by atoms with van der Waals surface area (Å²) in [5, 5.41) is 0. The first-order valence-electron chi connectivity index (χ1n) is 5.43. The van der Waals surface area contributed by atoms with Gasteiger partial charge in [-0.25, -0.2) is 0 Å². The molecule has 0 unspecified atom stereocenters. The van der Waals surface area contributed by atoms with E-state index in [0.29, 0.717) is 12.3 Å². The van der Waals surface area contributed by atoms with E-state index in [1.807, 2.05) is 18.2 Å². The van der Waals surface area contributed by atoms with Crippen LogP contribution in [0.3, 0.4) is 0 Å². The van der Waals surface area contributed by atoms with E-state index in [1.165, 1.54) is 5.56 Å². The number of cyclic esters (lactones) is 1. The summed E-state index contributed by atoms with van der Waals surface area (Å²) in [5.41, 5.74) is 1.21. The molecule has 1 aromatic carbocycles. The van der Waals surface area contributed by atoms with Gasteiger partial charge in [0.2, 0.25) is 0 Å². The monoisotopic (exact) mass is 204 g/mol. The van der Waals surface area contributed by atoms with Crippen molar-refractivity contribution < 1.29 is 9.53 Å². The van der Waals surface area contributed by atoms with Gasteiger partial charge >= 0.3 is 5.97 Å². The Hall–Kier alpha value is -1.31. The fourth-order valence-corrected chi connectivity index (χ4v) is 2.19. The summed E-state index contributed by atoms with van der Waals surface area (Å²) in [6, 6.07) is 10.2. The van der Waals surface area contributed by atoms with Crippen molar-refractivity contribution in [1.29, 1.82) is 0 Å². The largest absolute Gasteiger partial charge is 0.461 e. The lowest BCUT2D eigenvalue weighted by Crippen LogP contribution is -2.21. The Bertz CT molecular complexity index is 343. The zero-order valence-electron chi connectivity index (χ0n) is 9.14. The summed E-state index contributed by atoms with van der Waals surface area (Å²) in [7, 11) is 0. The first-order chi connectivity index (χ1) is 7.18. The lowest BCUT2D eigenvalue weighted by molar-refractivity contribution is -0.142. The van der Waals surface area contributed by atoms with Crippen molar-refractivity contribution in [2.24, 2.45) is 5.92 Å². The van der Waals surface area contributed by atoms with Gasteiger partial charge in [-0.1, -0.05) is 44.2 Å². The molecule has 0 N–H and O–H groups in total. The second-order valence-electron chi connectivity index (χ2n) is 4.42. The number of rotatable bonds is 2. The highest BCUT2D eigenvalue weighted by Crippen LogP contribution is 2.35. The maximum absolute atomic E-state index is 11.3. The summed E-state index contributed by atoms with van der Waals surface area (Å²) in [5.74, 6) is 0.544. The highest BCUT2D eigenvalue weighted by Gasteiger charge is 2.37. The van der Waals surface area contributed by atoms with E-state index in [1.54, 1.807) is 0 Å². The number of benzene rings is 1. The third kappa shape index (κ3) is 2.04. The number of esters is 1. The molecule has 15 heavy (non-hydrogen) atoms. The second kappa shape index (κ2) is 4.05. The molecular weight excluding hydrogens is 188 g/mol. The Morgan fingerprint density at radius 1 is 1.27 bits per heavy atom. The average molecular weight is 204 g/mol. The molecule has 1 fully saturated rings. The van der Waals surface area contributed by atoms with Gasteiger partial charge in [0.25, 0.3) is 0 Å². The van der Waals surface area contributed by atoms with Crippen LogP contribution in [0.25, 0.3) is 0 Å². The molecule has 2 rings (SSSR count). The van der Waals surface area contributed by atoms with Gasteiger partial charge in [-0.2, -0.15) is 0 Å². The van der Waals surface area contributed by atoms with Crippen LogP contribution in [0.2, 0.25) is 0 Å². The molecule has 1 heterocycles. The van der Waals surface area contributed by atoms with Crippen molar-refractivity contribution >= 4 is 5.97 Å². The summed E-state index contributed by atoms with van der Waals surface area (Å²) >= 11 is 0. The smallest absolute Gasteiger partial charge is 0.306 e. The normalized spacial score (nSPS) is 25.7. The molecule has 80 valence electrons. The zero-order valence-corrected chi connectivity index (χ0v) is 9.14. The fourth-order valence-electron chi connectivity index (χ4n) is 2.19. The van der Waals surface area contributed by atoms with E-state index in [4.69, 9.17) is 4.74 Å². The Labute approximate surface area is 90.3 Å². The molecule has 0 spiro atoms. The quantitative estimate of drug-likeness (QED) is 0.692. The third-order valence-electron chi connectivity index (χ3n) is 2.94. The maximum atomic E-state index is 11.3. The zero-order chi connectivity index (χ0) is 10.8. The van der Waals surface area contributed by atoms with E-state index in [0.717, 1.165) is 0 Å². The van der Waals surface area contributed by atoms with E-state index in [9.17, 15) is 4.79 Å². The van der Waals surface area contributed by atoms with E-state index in [2.05, 4.69) is 26.0 Å². The Kier molecular flexibility index (Phi) is 2.76. The standard InChI is InChI=1S/C13H16O2/c1-9(2)13-11(8-12(14)15-13)10-6-4-3-5-7-10/h3-7,9,11,13H,8H2,1-2H3/t11-,13-/m0/s1. The third-order valence-corrected chi connectivity index (χ3v) is 2.94. The molecule has 1 aliphatic rings. The highest BCUT2D eigenvalue weighted by atomic mass is 16.6. The average Bonchev–Trinajstić information content (AvgIpc) is 2.62. The van der Waals surface area contributed by atoms with Gasteiger partial charge in [0.1, 0.15) is 6.10 Å². The number of carbonyl (C=O) groups is 1. The van der Waals surface area contributed by atoms with Crippen LogP contribution in [-0.2, 0) is 9.53 Å². The van der Waals surface area contributed by atoms with Crippen LogP contribution >= 0.6 is 0 Å². The fraction of sp³-hybridized carbons (Fsp3) is 0.462. The summed E-state index contributed by atoms with van der Waals surface area (Å²) in [6.07, 6.45) is 0.562. The second-order valence-corrected chi connectivity index (χ2v) is 4.42.